The third-order valence-electron chi connectivity index (χ3n) is 3.77. The second kappa shape index (κ2) is 5.22. The number of carbonyl (C=O) groups is 2. The van der Waals surface area contributed by atoms with Crippen LogP contribution in [0.25, 0.3) is 11.4 Å². The number of carbonyl (C=O) groups excluding carboxylic acids is 1. The van der Waals surface area contributed by atoms with Crippen LogP contribution in [0, 0.1) is 12.3 Å². The molecule has 0 saturated heterocycles. The molecule has 6 heteroatoms. The van der Waals surface area contributed by atoms with Gasteiger partial charge >= 0.3 is 5.97 Å². The van der Waals surface area contributed by atoms with Crippen molar-refractivity contribution in [3.05, 3.63) is 42.2 Å². The van der Waals surface area contributed by atoms with Crippen LogP contribution >= 0.6 is 0 Å². The van der Waals surface area contributed by atoms with Gasteiger partial charge in [-0.3, -0.25) is 9.59 Å². The highest BCUT2D eigenvalue weighted by atomic mass is 16.4. The van der Waals surface area contributed by atoms with Crippen molar-refractivity contribution in [2.24, 2.45) is 5.41 Å². The van der Waals surface area contributed by atoms with Gasteiger partial charge in [0, 0.05) is 23.1 Å². The van der Waals surface area contributed by atoms with Gasteiger partial charge in [-0.05, 0) is 38.0 Å². The number of anilines is 1. The van der Waals surface area contributed by atoms with Crippen molar-refractivity contribution in [3.63, 3.8) is 0 Å². The molecule has 1 saturated carbocycles. The highest BCUT2D eigenvalue weighted by molar-refractivity contribution is 6.10. The number of benzene rings is 1. The van der Waals surface area contributed by atoms with Crippen molar-refractivity contribution in [1.29, 1.82) is 0 Å². The van der Waals surface area contributed by atoms with E-state index in [-0.39, 0.29) is 0 Å². The van der Waals surface area contributed by atoms with Crippen LogP contribution in [-0.4, -0.2) is 27.0 Å². The van der Waals surface area contributed by atoms with Crippen LogP contribution < -0.4 is 5.32 Å². The van der Waals surface area contributed by atoms with Gasteiger partial charge in [0.2, 0.25) is 5.91 Å². The molecule has 22 heavy (non-hydrogen) atoms. The number of aromatic nitrogens is 2. The summed E-state index contributed by atoms with van der Waals surface area (Å²) in [7, 11) is 0. The van der Waals surface area contributed by atoms with Gasteiger partial charge in [-0.25, -0.2) is 9.97 Å². The standard InChI is InChI=1S/C16H15N3O3/c1-10-5-8-17-13(18-10)11-3-2-4-12(9-11)19-14(20)16(6-7-16)15(21)22/h2-5,8-9H,6-7H2,1H3,(H,19,20)(H,21,22). The van der Waals surface area contributed by atoms with Gasteiger partial charge in [-0.15, -0.1) is 0 Å². The number of nitrogens with one attached hydrogen (secondary N) is 1. The number of aryl methyl sites for hydroxylation is 1. The lowest BCUT2D eigenvalue weighted by atomic mass is 10.1. The van der Waals surface area contributed by atoms with E-state index in [1.165, 1.54) is 0 Å². The molecular weight excluding hydrogens is 282 g/mol. The van der Waals surface area contributed by atoms with E-state index >= 15 is 0 Å². The molecule has 0 bridgehead atoms. The first-order chi connectivity index (χ1) is 10.5. The summed E-state index contributed by atoms with van der Waals surface area (Å²) in [5.41, 5.74) is 0.902. The van der Waals surface area contributed by atoms with E-state index in [9.17, 15) is 9.59 Å². The molecule has 1 aliphatic carbocycles. The first-order valence-corrected chi connectivity index (χ1v) is 6.96. The van der Waals surface area contributed by atoms with Crippen LogP contribution in [0.1, 0.15) is 18.5 Å². The van der Waals surface area contributed by atoms with E-state index in [0.717, 1.165) is 11.3 Å². The van der Waals surface area contributed by atoms with E-state index in [1.807, 2.05) is 13.0 Å². The zero-order chi connectivity index (χ0) is 15.7. The summed E-state index contributed by atoms with van der Waals surface area (Å²) in [5, 5.41) is 11.8. The fourth-order valence-electron chi connectivity index (χ4n) is 2.24. The molecule has 1 amide bonds. The summed E-state index contributed by atoms with van der Waals surface area (Å²) in [6, 6.07) is 8.88. The maximum Gasteiger partial charge on any atom is 0.319 e. The third-order valence-corrected chi connectivity index (χ3v) is 3.77. The molecule has 0 atom stereocenters. The van der Waals surface area contributed by atoms with E-state index in [4.69, 9.17) is 5.11 Å². The van der Waals surface area contributed by atoms with Crippen LogP contribution in [-0.2, 0) is 9.59 Å². The third kappa shape index (κ3) is 2.55. The van der Waals surface area contributed by atoms with E-state index < -0.39 is 17.3 Å². The van der Waals surface area contributed by atoms with Crippen molar-refractivity contribution in [2.75, 3.05) is 5.32 Å². The number of aliphatic carboxylic acids is 1. The average Bonchev–Trinajstić information content (AvgIpc) is 3.29. The summed E-state index contributed by atoms with van der Waals surface area (Å²) in [4.78, 5) is 31.8. The molecule has 2 aromatic rings. The Kier molecular flexibility index (Phi) is 3.36. The predicted octanol–water partition coefficient (Wildman–Crippen LogP) is 2.26. The Morgan fingerprint density at radius 3 is 2.68 bits per heavy atom. The number of carboxylic acid groups (broad SMARTS) is 1. The molecule has 0 aliphatic heterocycles. The monoisotopic (exact) mass is 297 g/mol. The predicted molar refractivity (Wildman–Crippen MR) is 80.1 cm³/mol. The van der Waals surface area contributed by atoms with Gasteiger partial charge in [0.25, 0.3) is 0 Å². The molecule has 1 aliphatic rings. The van der Waals surface area contributed by atoms with Gasteiger partial charge in [0.15, 0.2) is 5.82 Å². The molecule has 2 N–H and O–H groups in total. The lowest BCUT2D eigenvalue weighted by Gasteiger charge is -2.11. The molecular formula is C16H15N3O3. The fourth-order valence-corrected chi connectivity index (χ4v) is 2.24. The number of amides is 1. The Labute approximate surface area is 127 Å². The summed E-state index contributed by atoms with van der Waals surface area (Å²) in [6.45, 7) is 1.88. The Hall–Kier alpha value is -2.76. The number of hydrogen-bond acceptors (Lipinski definition) is 4. The van der Waals surface area contributed by atoms with Crippen molar-refractivity contribution in [3.8, 4) is 11.4 Å². The van der Waals surface area contributed by atoms with Gasteiger partial charge in [-0.1, -0.05) is 12.1 Å². The molecule has 0 radical (unpaired) electrons. The highest BCUT2D eigenvalue weighted by Gasteiger charge is 2.57. The van der Waals surface area contributed by atoms with E-state index in [2.05, 4.69) is 15.3 Å². The molecule has 6 nitrogen and oxygen atoms in total. The molecule has 1 aromatic heterocycles. The molecule has 1 heterocycles. The van der Waals surface area contributed by atoms with Gasteiger partial charge < -0.3 is 10.4 Å². The van der Waals surface area contributed by atoms with Crippen molar-refractivity contribution >= 4 is 17.6 Å². The maximum absolute atomic E-state index is 12.1. The Morgan fingerprint density at radius 1 is 1.27 bits per heavy atom. The number of carboxylic acids is 1. The lowest BCUT2D eigenvalue weighted by Crippen LogP contribution is -2.31. The largest absolute Gasteiger partial charge is 0.480 e. The Balaban J connectivity index is 1.83. The van der Waals surface area contributed by atoms with Crippen LogP contribution in [0.4, 0.5) is 5.69 Å². The van der Waals surface area contributed by atoms with E-state index in [0.29, 0.717) is 24.4 Å². The Morgan fingerprint density at radius 2 is 2.05 bits per heavy atom. The molecule has 1 fully saturated rings. The normalized spacial score (nSPS) is 15.1. The molecule has 112 valence electrons. The highest BCUT2D eigenvalue weighted by Crippen LogP contribution is 2.46. The first kappa shape index (κ1) is 14.2. The minimum Gasteiger partial charge on any atom is -0.480 e. The smallest absolute Gasteiger partial charge is 0.319 e. The number of rotatable bonds is 4. The average molecular weight is 297 g/mol. The van der Waals surface area contributed by atoms with Gasteiger partial charge in [0.05, 0.1) is 0 Å². The van der Waals surface area contributed by atoms with Crippen LogP contribution in [0.15, 0.2) is 36.5 Å². The second-order valence-electron chi connectivity index (χ2n) is 5.44. The van der Waals surface area contributed by atoms with E-state index in [1.54, 1.807) is 30.5 Å². The molecule has 0 spiro atoms. The SMILES string of the molecule is Cc1ccnc(-c2cccc(NC(=O)C3(C(=O)O)CC3)c2)n1. The minimum atomic E-state index is -1.25. The number of nitrogens with zero attached hydrogens (tertiary/aromatic N) is 2. The molecule has 3 rings (SSSR count). The lowest BCUT2D eigenvalue weighted by molar-refractivity contribution is -0.147. The van der Waals surface area contributed by atoms with Crippen molar-refractivity contribution in [1.82, 2.24) is 9.97 Å². The summed E-state index contributed by atoms with van der Waals surface area (Å²) < 4.78 is 0. The first-order valence-electron chi connectivity index (χ1n) is 6.96. The van der Waals surface area contributed by atoms with Crippen LogP contribution in [0.3, 0.4) is 0 Å². The fraction of sp³-hybridized carbons (Fsp3) is 0.250. The maximum atomic E-state index is 12.1. The van der Waals surface area contributed by atoms with Gasteiger partial charge in [0.1, 0.15) is 5.41 Å². The van der Waals surface area contributed by atoms with Crippen LogP contribution in [0.2, 0.25) is 0 Å². The molecule has 0 unspecified atom stereocenters. The summed E-state index contributed by atoms with van der Waals surface area (Å²) in [6.07, 6.45) is 2.44. The number of hydrogen-bond donors (Lipinski definition) is 2. The zero-order valence-electron chi connectivity index (χ0n) is 12.0. The molecule has 1 aromatic carbocycles. The van der Waals surface area contributed by atoms with Crippen molar-refractivity contribution in [2.45, 2.75) is 19.8 Å². The zero-order valence-corrected chi connectivity index (χ0v) is 12.0. The summed E-state index contributed by atoms with van der Waals surface area (Å²) >= 11 is 0. The van der Waals surface area contributed by atoms with Crippen LogP contribution in [0.5, 0.6) is 0 Å². The second-order valence-corrected chi connectivity index (χ2v) is 5.44. The van der Waals surface area contributed by atoms with Crippen molar-refractivity contribution < 1.29 is 14.7 Å². The quantitative estimate of drug-likeness (QED) is 0.844. The Bertz CT molecular complexity index is 754. The minimum absolute atomic E-state index is 0.384. The topological polar surface area (TPSA) is 92.2 Å². The summed E-state index contributed by atoms with van der Waals surface area (Å²) in [5.74, 6) is -0.971. The van der Waals surface area contributed by atoms with Gasteiger partial charge in [-0.2, -0.15) is 0 Å².